The van der Waals surface area contributed by atoms with Crippen molar-refractivity contribution in [3.8, 4) is 0 Å². The van der Waals surface area contributed by atoms with Crippen molar-refractivity contribution in [1.29, 1.82) is 0 Å². The molecule has 0 saturated carbocycles. The van der Waals surface area contributed by atoms with E-state index in [2.05, 4.69) is 19.9 Å². The number of nitrogens with zero attached hydrogens (tertiary/aromatic N) is 3. The van der Waals surface area contributed by atoms with E-state index in [0.29, 0.717) is 16.3 Å². The predicted octanol–water partition coefficient (Wildman–Crippen LogP) is 1.86. The first-order chi connectivity index (χ1) is 7.34. The Bertz CT molecular complexity index is 492. The lowest BCUT2D eigenvalue weighted by atomic mass is 10.2. The van der Waals surface area contributed by atoms with Crippen molar-refractivity contribution >= 4 is 22.8 Å². The van der Waals surface area contributed by atoms with E-state index in [1.54, 1.807) is 0 Å². The highest BCUT2D eigenvalue weighted by Gasteiger charge is 2.21. The summed E-state index contributed by atoms with van der Waals surface area (Å²) in [5.41, 5.74) is 1.28. The minimum absolute atomic E-state index is 0.0512. The van der Waals surface area contributed by atoms with Gasteiger partial charge in [0.1, 0.15) is 23.8 Å². The van der Waals surface area contributed by atoms with E-state index in [1.165, 1.54) is 6.33 Å². The zero-order chi connectivity index (χ0) is 10.3. The number of hydrogen-bond acceptors (Lipinski definition) is 4. The maximum Gasteiger partial charge on any atom is 0.182 e. The van der Waals surface area contributed by atoms with E-state index in [-0.39, 0.29) is 6.10 Å². The van der Waals surface area contributed by atoms with Crippen molar-refractivity contribution in [2.24, 2.45) is 0 Å². The Morgan fingerprint density at radius 3 is 3.13 bits per heavy atom. The highest BCUT2D eigenvalue weighted by Crippen LogP contribution is 2.28. The molecule has 0 amide bonds. The summed E-state index contributed by atoms with van der Waals surface area (Å²) < 4.78 is 5.52. The molecule has 1 atom stereocenters. The molecule has 1 N–H and O–H groups in total. The second-order valence-corrected chi connectivity index (χ2v) is 3.84. The lowest BCUT2D eigenvalue weighted by Crippen LogP contribution is -1.97. The molecule has 0 bridgehead atoms. The van der Waals surface area contributed by atoms with Crippen LogP contribution >= 0.6 is 11.6 Å². The molecular formula is C9H9ClN4O. The molecule has 1 fully saturated rings. The number of aromatic nitrogens is 4. The van der Waals surface area contributed by atoms with E-state index in [4.69, 9.17) is 16.3 Å². The fraction of sp³-hybridized carbons (Fsp3) is 0.444. The van der Waals surface area contributed by atoms with Crippen molar-refractivity contribution in [3.63, 3.8) is 0 Å². The van der Waals surface area contributed by atoms with Crippen LogP contribution in [0.2, 0.25) is 5.15 Å². The van der Waals surface area contributed by atoms with Crippen LogP contribution in [-0.4, -0.2) is 26.5 Å². The summed E-state index contributed by atoms with van der Waals surface area (Å²) in [7, 11) is 0. The summed E-state index contributed by atoms with van der Waals surface area (Å²) in [6, 6.07) is 0. The summed E-state index contributed by atoms with van der Waals surface area (Å²) in [5.74, 6) is 0.796. The zero-order valence-electron chi connectivity index (χ0n) is 7.90. The predicted molar refractivity (Wildman–Crippen MR) is 54.6 cm³/mol. The van der Waals surface area contributed by atoms with Gasteiger partial charge in [-0.1, -0.05) is 11.6 Å². The third-order valence-electron chi connectivity index (χ3n) is 2.50. The summed E-state index contributed by atoms with van der Waals surface area (Å²) in [5, 5.41) is 0.400. The van der Waals surface area contributed by atoms with E-state index >= 15 is 0 Å². The van der Waals surface area contributed by atoms with Crippen LogP contribution in [0.4, 0.5) is 0 Å². The molecule has 15 heavy (non-hydrogen) atoms. The SMILES string of the molecule is Clc1ncnc2nc([C@H]3CCCO3)[nH]c12. The molecule has 1 aliphatic heterocycles. The first-order valence-corrected chi connectivity index (χ1v) is 5.20. The van der Waals surface area contributed by atoms with Crippen LogP contribution in [0.25, 0.3) is 11.2 Å². The Kier molecular flexibility index (Phi) is 2.07. The molecule has 6 heteroatoms. The van der Waals surface area contributed by atoms with Gasteiger partial charge in [-0.05, 0) is 12.8 Å². The van der Waals surface area contributed by atoms with Gasteiger partial charge in [-0.25, -0.2) is 15.0 Å². The van der Waals surface area contributed by atoms with Crippen LogP contribution < -0.4 is 0 Å². The first kappa shape index (κ1) is 9.06. The Hall–Kier alpha value is -1.20. The standard InChI is InChI=1S/C9H9ClN4O/c10-7-6-9(12-4-11-7)14-8(13-6)5-2-1-3-15-5/h4-5H,1-3H2,(H,11,12,13,14)/t5-/m1/s1. The number of rotatable bonds is 1. The van der Waals surface area contributed by atoms with E-state index < -0.39 is 0 Å². The van der Waals surface area contributed by atoms with Gasteiger partial charge in [0.05, 0.1) is 0 Å². The van der Waals surface area contributed by atoms with Crippen molar-refractivity contribution in [2.45, 2.75) is 18.9 Å². The average molecular weight is 225 g/mol. The first-order valence-electron chi connectivity index (χ1n) is 4.82. The fourth-order valence-electron chi connectivity index (χ4n) is 1.76. The quantitative estimate of drug-likeness (QED) is 0.751. The summed E-state index contributed by atoms with van der Waals surface area (Å²) in [6.07, 6.45) is 3.52. The Labute approximate surface area is 90.9 Å². The fourth-order valence-corrected chi connectivity index (χ4v) is 1.94. The van der Waals surface area contributed by atoms with Crippen LogP contribution in [0.3, 0.4) is 0 Å². The molecule has 2 aromatic heterocycles. The molecule has 1 saturated heterocycles. The molecule has 78 valence electrons. The van der Waals surface area contributed by atoms with E-state index in [9.17, 15) is 0 Å². The Morgan fingerprint density at radius 1 is 1.47 bits per heavy atom. The van der Waals surface area contributed by atoms with Crippen molar-refractivity contribution < 1.29 is 4.74 Å². The van der Waals surface area contributed by atoms with Gasteiger partial charge in [0, 0.05) is 6.61 Å². The largest absolute Gasteiger partial charge is 0.370 e. The van der Waals surface area contributed by atoms with Crippen LogP contribution in [0.15, 0.2) is 6.33 Å². The monoisotopic (exact) mass is 224 g/mol. The Balaban J connectivity index is 2.09. The second-order valence-electron chi connectivity index (χ2n) is 3.49. The maximum absolute atomic E-state index is 5.91. The number of halogens is 1. The molecule has 0 spiro atoms. The molecule has 0 aromatic carbocycles. The lowest BCUT2D eigenvalue weighted by Gasteiger charge is -2.03. The topological polar surface area (TPSA) is 63.7 Å². The highest BCUT2D eigenvalue weighted by molar-refractivity contribution is 6.33. The van der Waals surface area contributed by atoms with Crippen molar-refractivity contribution in [1.82, 2.24) is 19.9 Å². The number of ether oxygens (including phenoxy) is 1. The minimum atomic E-state index is 0.0512. The number of imidazole rings is 1. The van der Waals surface area contributed by atoms with Gasteiger partial charge in [-0.15, -0.1) is 0 Å². The van der Waals surface area contributed by atoms with Crippen LogP contribution in [0, 0.1) is 0 Å². The third-order valence-corrected chi connectivity index (χ3v) is 2.78. The summed E-state index contributed by atoms with van der Waals surface area (Å²) >= 11 is 5.91. The molecule has 0 aliphatic carbocycles. The summed E-state index contributed by atoms with van der Waals surface area (Å²) in [6.45, 7) is 0.793. The molecule has 1 aliphatic rings. The normalized spacial score (nSPS) is 21.3. The smallest absolute Gasteiger partial charge is 0.182 e. The number of H-pyrrole nitrogens is 1. The minimum Gasteiger partial charge on any atom is -0.370 e. The highest BCUT2D eigenvalue weighted by atomic mass is 35.5. The second kappa shape index (κ2) is 3.43. The van der Waals surface area contributed by atoms with Gasteiger partial charge in [0.15, 0.2) is 10.8 Å². The van der Waals surface area contributed by atoms with Crippen molar-refractivity contribution in [3.05, 3.63) is 17.3 Å². The van der Waals surface area contributed by atoms with Gasteiger partial charge in [-0.2, -0.15) is 0 Å². The molecule has 0 radical (unpaired) electrons. The average Bonchev–Trinajstić information content (AvgIpc) is 2.86. The summed E-state index contributed by atoms with van der Waals surface area (Å²) in [4.78, 5) is 15.4. The molecule has 0 unspecified atom stereocenters. The van der Waals surface area contributed by atoms with Crippen molar-refractivity contribution in [2.75, 3.05) is 6.61 Å². The van der Waals surface area contributed by atoms with Gasteiger partial charge in [0.2, 0.25) is 0 Å². The van der Waals surface area contributed by atoms with Gasteiger partial charge >= 0.3 is 0 Å². The molecular weight excluding hydrogens is 216 g/mol. The zero-order valence-corrected chi connectivity index (χ0v) is 8.66. The maximum atomic E-state index is 5.91. The Morgan fingerprint density at radius 2 is 2.40 bits per heavy atom. The number of aromatic amines is 1. The van der Waals surface area contributed by atoms with Gasteiger partial charge < -0.3 is 9.72 Å². The molecule has 5 nitrogen and oxygen atoms in total. The van der Waals surface area contributed by atoms with E-state index in [0.717, 1.165) is 25.3 Å². The lowest BCUT2D eigenvalue weighted by molar-refractivity contribution is 0.106. The van der Waals surface area contributed by atoms with Gasteiger partial charge in [-0.3, -0.25) is 0 Å². The van der Waals surface area contributed by atoms with Gasteiger partial charge in [0.25, 0.3) is 0 Å². The molecule has 3 heterocycles. The number of hydrogen-bond donors (Lipinski definition) is 1. The molecule has 3 rings (SSSR count). The molecule has 2 aromatic rings. The number of fused-ring (bicyclic) bond motifs is 1. The van der Waals surface area contributed by atoms with Crippen LogP contribution in [0.1, 0.15) is 24.8 Å². The van der Waals surface area contributed by atoms with Crippen LogP contribution in [0.5, 0.6) is 0 Å². The third kappa shape index (κ3) is 1.48. The number of nitrogens with one attached hydrogen (secondary N) is 1. The van der Waals surface area contributed by atoms with Crippen LogP contribution in [-0.2, 0) is 4.74 Å². The van der Waals surface area contributed by atoms with E-state index in [1.807, 2.05) is 0 Å².